The Morgan fingerprint density at radius 1 is 1.28 bits per heavy atom. The van der Waals surface area contributed by atoms with Crippen molar-refractivity contribution in [3.8, 4) is 0 Å². The van der Waals surface area contributed by atoms with Gasteiger partial charge in [0.05, 0.1) is 12.0 Å². The minimum atomic E-state index is -0.504. The molecule has 0 aliphatic heterocycles. The van der Waals surface area contributed by atoms with Crippen LogP contribution in [0.25, 0.3) is 0 Å². The van der Waals surface area contributed by atoms with Crippen LogP contribution in [0.4, 0.5) is 0 Å². The van der Waals surface area contributed by atoms with Gasteiger partial charge in [0.15, 0.2) is 4.80 Å². The van der Waals surface area contributed by atoms with Gasteiger partial charge in [-0.25, -0.2) is 0 Å². The number of methoxy groups -OCH3 is 1. The van der Waals surface area contributed by atoms with E-state index in [9.17, 15) is 9.59 Å². The maximum Gasteiger partial charge on any atom is 0.266 e. The quantitative estimate of drug-likeness (QED) is 0.867. The fourth-order valence-corrected chi connectivity index (χ4v) is 6.51. The highest BCUT2D eigenvalue weighted by Crippen LogP contribution is 2.60. The van der Waals surface area contributed by atoms with Gasteiger partial charge in [-0.1, -0.05) is 0 Å². The number of primary amides is 1. The monoisotopic (exact) mass is 363 g/mol. The summed E-state index contributed by atoms with van der Waals surface area (Å²) in [4.78, 5) is 29.8. The molecule has 0 spiro atoms. The Morgan fingerprint density at radius 2 is 1.88 bits per heavy atom. The molecule has 1 aromatic heterocycles. The maximum atomic E-state index is 13.2. The third-order valence-electron chi connectivity index (χ3n) is 6.26. The van der Waals surface area contributed by atoms with Crippen molar-refractivity contribution in [1.82, 2.24) is 4.57 Å². The van der Waals surface area contributed by atoms with Crippen LogP contribution < -0.4 is 10.5 Å². The van der Waals surface area contributed by atoms with Crippen LogP contribution >= 0.6 is 11.3 Å². The van der Waals surface area contributed by atoms with E-state index in [1.165, 1.54) is 30.6 Å². The molecule has 6 nitrogen and oxygen atoms in total. The van der Waals surface area contributed by atoms with Crippen LogP contribution in [0.5, 0.6) is 0 Å². The summed E-state index contributed by atoms with van der Waals surface area (Å²) in [6.07, 6.45) is 6.87. The fraction of sp³-hybridized carbons (Fsp3) is 0.722. The summed E-state index contributed by atoms with van der Waals surface area (Å²) in [5.41, 5.74) is 5.59. The number of hydrogen-bond donors (Lipinski definition) is 1. The van der Waals surface area contributed by atoms with E-state index in [1.807, 2.05) is 0 Å². The summed E-state index contributed by atoms with van der Waals surface area (Å²) in [5, 5.41) is 1.68. The number of carbonyl (C=O) groups excluding carboxylic acids is 2. The minimum absolute atomic E-state index is 0.00985. The molecule has 0 saturated heterocycles. The zero-order valence-electron chi connectivity index (χ0n) is 14.6. The molecule has 2 N–H and O–H groups in total. The largest absolute Gasteiger partial charge is 0.383 e. The lowest BCUT2D eigenvalue weighted by molar-refractivity contribution is -0.142. The van der Waals surface area contributed by atoms with Gasteiger partial charge in [0.2, 0.25) is 0 Å². The number of amides is 2. The Hall–Kier alpha value is -1.47. The molecule has 4 bridgehead atoms. The first-order chi connectivity index (χ1) is 12.0. The van der Waals surface area contributed by atoms with Gasteiger partial charge in [-0.05, 0) is 56.3 Å². The van der Waals surface area contributed by atoms with E-state index in [0.29, 0.717) is 41.4 Å². The molecule has 25 heavy (non-hydrogen) atoms. The average molecular weight is 363 g/mol. The molecule has 4 fully saturated rings. The zero-order chi connectivity index (χ0) is 17.6. The summed E-state index contributed by atoms with van der Waals surface area (Å²) in [6, 6.07) is 0. The number of nitrogens with zero attached hydrogens (tertiary/aromatic N) is 2. The van der Waals surface area contributed by atoms with Gasteiger partial charge >= 0.3 is 0 Å². The van der Waals surface area contributed by atoms with Crippen molar-refractivity contribution in [2.75, 3.05) is 13.7 Å². The van der Waals surface area contributed by atoms with Crippen molar-refractivity contribution in [1.29, 1.82) is 0 Å². The van der Waals surface area contributed by atoms with Crippen molar-refractivity contribution in [3.05, 3.63) is 15.9 Å². The SMILES string of the molecule is COCCn1c(C(N)=O)cs/c1=N\C(=O)C12CC3CC(CC(C3)C1)C2. The van der Waals surface area contributed by atoms with E-state index in [1.54, 1.807) is 17.1 Å². The van der Waals surface area contributed by atoms with Gasteiger partial charge in [-0.2, -0.15) is 4.99 Å². The van der Waals surface area contributed by atoms with Gasteiger partial charge in [-0.15, -0.1) is 11.3 Å². The van der Waals surface area contributed by atoms with Crippen molar-refractivity contribution in [2.24, 2.45) is 33.9 Å². The van der Waals surface area contributed by atoms with Gasteiger partial charge in [0, 0.05) is 19.0 Å². The Kier molecular flexibility index (Phi) is 4.32. The van der Waals surface area contributed by atoms with E-state index >= 15 is 0 Å². The van der Waals surface area contributed by atoms with Crippen molar-refractivity contribution < 1.29 is 14.3 Å². The van der Waals surface area contributed by atoms with Crippen LogP contribution in [0.15, 0.2) is 10.4 Å². The molecule has 1 heterocycles. The molecule has 0 atom stereocenters. The average Bonchev–Trinajstić information content (AvgIpc) is 2.94. The Bertz CT molecular complexity index is 729. The van der Waals surface area contributed by atoms with Crippen molar-refractivity contribution >= 4 is 23.2 Å². The molecule has 7 heteroatoms. The molecule has 4 saturated carbocycles. The molecule has 0 aromatic carbocycles. The van der Waals surface area contributed by atoms with E-state index in [0.717, 1.165) is 19.3 Å². The molecular weight excluding hydrogens is 338 g/mol. The number of carbonyl (C=O) groups is 2. The summed E-state index contributed by atoms with van der Waals surface area (Å²) in [5.74, 6) is 1.62. The first-order valence-electron chi connectivity index (χ1n) is 9.07. The van der Waals surface area contributed by atoms with Gasteiger partial charge in [0.25, 0.3) is 11.8 Å². The van der Waals surface area contributed by atoms with E-state index in [2.05, 4.69) is 4.99 Å². The summed E-state index contributed by atoms with van der Waals surface area (Å²) in [6.45, 7) is 0.904. The Balaban J connectivity index is 1.66. The van der Waals surface area contributed by atoms with E-state index < -0.39 is 5.91 Å². The standard InChI is InChI=1S/C18H25N3O3S/c1-24-3-2-21-14(15(19)22)10-25-17(21)20-16(23)18-7-11-4-12(8-18)6-13(5-11)9-18/h10-13H,2-9H2,1H3,(H2,19,22)/b20-17-. The lowest BCUT2D eigenvalue weighted by Crippen LogP contribution is -2.50. The number of aromatic nitrogens is 1. The Morgan fingerprint density at radius 3 is 2.40 bits per heavy atom. The molecular formula is C18H25N3O3S. The number of hydrogen-bond acceptors (Lipinski definition) is 4. The smallest absolute Gasteiger partial charge is 0.266 e. The van der Waals surface area contributed by atoms with E-state index in [4.69, 9.17) is 10.5 Å². The highest BCUT2D eigenvalue weighted by atomic mass is 32.1. The van der Waals surface area contributed by atoms with Crippen LogP contribution in [0.1, 0.15) is 49.0 Å². The normalized spacial score (nSPS) is 33.8. The molecule has 1 aromatic rings. The number of nitrogens with two attached hydrogens (primary N) is 1. The molecule has 4 aliphatic carbocycles. The third kappa shape index (κ3) is 2.97. The zero-order valence-corrected chi connectivity index (χ0v) is 15.4. The highest BCUT2D eigenvalue weighted by molar-refractivity contribution is 7.07. The van der Waals surface area contributed by atoms with Gasteiger partial charge in [0.1, 0.15) is 5.69 Å². The highest BCUT2D eigenvalue weighted by Gasteiger charge is 2.54. The lowest BCUT2D eigenvalue weighted by atomic mass is 9.49. The first-order valence-corrected chi connectivity index (χ1v) is 9.95. The van der Waals surface area contributed by atoms with Crippen molar-refractivity contribution in [2.45, 2.75) is 45.1 Å². The molecule has 0 radical (unpaired) electrons. The predicted octanol–water partition coefficient (Wildman–Crippen LogP) is 1.94. The van der Waals surface area contributed by atoms with Crippen LogP contribution in [0.2, 0.25) is 0 Å². The lowest BCUT2D eigenvalue weighted by Gasteiger charge is -2.55. The minimum Gasteiger partial charge on any atom is -0.383 e. The molecule has 136 valence electrons. The van der Waals surface area contributed by atoms with Crippen molar-refractivity contribution in [3.63, 3.8) is 0 Å². The number of ether oxygens (including phenoxy) is 1. The van der Waals surface area contributed by atoms with Crippen LogP contribution in [0, 0.1) is 23.2 Å². The number of thiazole rings is 1. The molecule has 5 rings (SSSR count). The topological polar surface area (TPSA) is 86.7 Å². The predicted molar refractivity (Wildman–Crippen MR) is 93.9 cm³/mol. The van der Waals surface area contributed by atoms with Gasteiger partial charge in [-0.3, -0.25) is 9.59 Å². The maximum absolute atomic E-state index is 13.2. The molecule has 2 amide bonds. The third-order valence-corrected chi connectivity index (χ3v) is 7.12. The van der Waals surface area contributed by atoms with Crippen LogP contribution in [-0.4, -0.2) is 30.1 Å². The molecule has 4 aliphatic rings. The Labute approximate surface area is 151 Å². The van der Waals surface area contributed by atoms with Crippen LogP contribution in [-0.2, 0) is 16.1 Å². The number of rotatable bonds is 5. The second kappa shape index (κ2) is 6.36. The summed E-state index contributed by atoms with van der Waals surface area (Å²) >= 11 is 1.31. The second-order valence-electron chi connectivity index (χ2n) is 8.03. The first kappa shape index (κ1) is 17.0. The second-order valence-corrected chi connectivity index (χ2v) is 8.86. The fourth-order valence-electron chi connectivity index (χ4n) is 5.59. The van der Waals surface area contributed by atoms with E-state index in [-0.39, 0.29) is 11.3 Å². The van der Waals surface area contributed by atoms with Crippen LogP contribution in [0.3, 0.4) is 0 Å². The molecule has 0 unspecified atom stereocenters. The summed E-state index contributed by atoms with van der Waals surface area (Å²) < 4.78 is 6.83. The van der Waals surface area contributed by atoms with Gasteiger partial charge < -0.3 is 15.0 Å². The summed E-state index contributed by atoms with van der Waals surface area (Å²) in [7, 11) is 1.61.